The molecule has 6 nitrogen and oxygen atoms in total. The topological polar surface area (TPSA) is 76.1 Å². The molecule has 170 valence electrons. The van der Waals surface area contributed by atoms with E-state index >= 15 is 0 Å². The van der Waals surface area contributed by atoms with Crippen LogP contribution in [-0.2, 0) is 20.9 Å². The summed E-state index contributed by atoms with van der Waals surface area (Å²) in [5.74, 6) is -0.505. The molecular formula is C26H31NO5. The van der Waals surface area contributed by atoms with E-state index in [0.29, 0.717) is 24.5 Å². The van der Waals surface area contributed by atoms with Crippen LogP contribution < -0.4 is 4.74 Å². The average molecular weight is 438 g/mol. The highest BCUT2D eigenvalue weighted by Crippen LogP contribution is 2.39. The second-order valence-corrected chi connectivity index (χ2v) is 8.52. The van der Waals surface area contributed by atoms with Crippen molar-refractivity contribution >= 4 is 11.7 Å². The van der Waals surface area contributed by atoms with E-state index in [1.54, 1.807) is 7.11 Å². The molecule has 0 radical (unpaired) electrons. The van der Waals surface area contributed by atoms with Gasteiger partial charge in [0.05, 0.1) is 18.2 Å². The van der Waals surface area contributed by atoms with Crippen LogP contribution in [0.25, 0.3) is 0 Å². The molecule has 0 spiro atoms. The van der Waals surface area contributed by atoms with Gasteiger partial charge in [-0.25, -0.2) is 0 Å². The Morgan fingerprint density at radius 2 is 1.88 bits per heavy atom. The lowest BCUT2D eigenvalue weighted by Gasteiger charge is -2.27. The van der Waals surface area contributed by atoms with Crippen molar-refractivity contribution in [1.82, 2.24) is 4.90 Å². The number of aliphatic hydroxyl groups is 1. The van der Waals surface area contributed by atoms with Crippen LogP contribution in [-0.4, -0.2) is 42.0 Å². The summed E-state index contributed by atoms with van der Waals surface area (Å²) in [5, 5.41) is 10.6. The molecule has 1 amide bonds. The normalized spacial score (nSPS) is 16.2. The number of ketones is 1. The zero-order valence-corrected chi connectivity index (χ0v) is 19.1. The predicted molar refractivity (Wildman–Crippen MR) is 122 cm³/mol. The SMILES string of the molecule is COCCN1C(=O)C(O)=C(C(=O)CC(C)C)C1c1cccc(OCc2ccc(C)cc2)c1. The van der Waals surface area contributed by atoms with Gasteiger partial charge in [0, 0.05) is 20.1 Å². The van der Waals surface area contributed by atoms with Crippen molar-refractivity contribution in [1.29, 1.82) is 0 Å². The Kier molecular flexibility index (Phi) is 7.70. The molecule has 0 aromatic heterocycles. The molecular weight excluding hydrogens is 406 g/mol. The van der Waals surface area contributed by atoms with Crippen LogP contribution in [0.3, 0.4) is 0 Å². The molecule has 1 aliphatic heterocycles. The lowest BCUT2D eigenvalue weighted by Crippen LogP contribution is -2.34. The summed E-state index contributed by atoms with van der Waals surface area (Å²) in [6.07, 6.45) is 0.255. The van der Waals surface area contributed by atoms with E-state index in [9.17, 15) is 14.7 Å². The van der Waals surface area contributed by atoms with Crippen molar-refractivity contribution in [2.24, 2.45) is 5.92 Å². The van der Waals surface area contributed by atoms with Crippen LogP contribution in [0.2, 0.25) is 0 Å². The number of carbonyl (C=O) groups is 2. The summed E-state index contributed by atoms with van der Waals surface area (Å²) in [6, 6.07) is 14.8. The second kappa shape index (κ2) is 10.5. The van der Waals surface area contributed by atoms with Gasteiger partial charge in [0.25, 0.3) is 5.91 Å². The van der Waals surface area contributed by atoms with E-state index in [0.717, 1.165) is 5.56 Å². The summed E-state index contributed by atoms with van der Waals surface area (Å²) in [7, 11) is 1.55. The average Bonchev–Trinajstić information content (AvgIpc) is 3.02. The first-order valence-electron chi connectivity index (χ1n) is 10.9. The van der Waals surface area contributed by atoms with Gasteiger partial charge in [-0.1, -0.05) is 55.8 Å². The number of Topliss-reactive ketones (excluding diaryl/α,β-unsaturated/α-hetero) is 1. The van der Waals surface area contributed by atoms with Crippen LogP contribution in [0, 0.1) is 12.8 Å². The number of aryl methyl sites for hydroxylation is 1. The third-order valence-electron chi connectivity index (χ3n) is 5.43. The second-order valence-electron chi connectivity index (χ2n) is 8.52. The van der Waals surface area contributed by atoms with Crippen molar-refractivity contribution in [3.8, 4) is 5.75 Å². The number of methoxy groups -OCH3 is 1. The van der Waals surface area contributed by atoms with Crippen molar-refractivity contribution in [2.75, 3.05) is 20.3 Å². The minimum Gasteiger partial charge on any atom is -0.503 e. The molecule has 0 bridgehead atoms. The van der Waals surface area contributed by atoms with Crippen LogP contribution >= 0.6 is 0 Å². The molecule has 2 aromatic carbocycles. The van der Waals surface area contributed by atoms with Crippen LogP contribution in [0.5, 0.6) is 5.75 Å². The monoisotopic (exact) mass is 437 g/mol. The maximum absolute atomic E-state index is 13.0. The number of amides is 1. The van der Waals surface area contributed by atoms with Gasteiger partial charge >= 0.3 is 0 Å². The molecule has 2 aromatic rings. The summed E-state index contributed by atoms with van der Waals surface area (Å²) < 4.78 is 11.1. The largest absolute Gasteiger partial charge is 0.503 e. The summed E-state index contributed by atoms with van der Waals surface area (Å²) in [4.78, 5) is 27.3. The van der Waals surface area contributed by atoms with E-state index in [1.165, 1.54) is 10.5 Å². The first-order chi connectivity index (χ1) is 15.3. The number of carbonyl (C=O) groups excluding carboxylic acids is 2. The fourth-order valence-corrected chi connectivity index (χ4v) is 3.81. The number of aliphatic hydroxyl groups excluding tert-OH is 1. The van der Waals surface area contributed by atoms with Gasteiger partial charge in [0.15, 0.2) is 11.5 Å². The van der Waals surface area contributed by atoms with Gasteiger partial charge in [-0.15, -0.1) is 0 Å². The zero-order valence-electron chi connectivity index (χ0n) is 19.1. The van der Waals surface area contributed by atoms with E-state index in [2.05, 4.69) is 0 Å². The van der Waals surface area contributed by atoms with Gasteiger partial charge < -0.3 is 19.5 Å². The number of nitrogens with zero attached hydrogens (tertiary/aromatic N) is 1. The van der Waals surface area contributed by atoms with Crippen molar-refractivity contribution in [3.63, 3.8) is 0 Å². The number of benzene rings is 2. The van der Waals surface area contributed by atoms with Crippen molar-refractivity contribution < 1.29 is 24.2 Å². The molecule has 1 N–H and O–H groups in total. The lowest BCUT2D eigenvalue weighted by molar-refractivity contribution is -0.130. The molecule has 1 aliphatic rings. The summed E-state index contributed by atoms with van der Waals surface area (Å²) >= 11 is 0. The molecule has 1 atom stereocenters. The maximum Gasteiger partial charge on any atom is 0.290 e. The number of rotatable bonds is 10. The van der Waals surface area contributed by atoms with Gasteiger partial charge in [0.1, 0.15) is 12.4 Å². The molecule has 0 saturated heterocycles. The first-order valence-corrected chi connectivity index (χ1v) is 10.9. The number of hydrogen-bond acceptors (Lipinski definition) is 5. The highest BCUT2D eigenvalue weighted by atomic mass is 16.5. The summed E-state index contributed by atoms with van der Waals surface area (Å²) in [6.45, 7) is 6.86. The molecule has 6 heteroatoms. The van der Waals surface area contributed by atoms with Gasteiger partial charge in [-0.2, -0.15) is 0 Å². The molecule has 0 aliphatic carbocycles. The van der Waals surface area contributed by atoms with E-state index < -0.39 is 17.7 Å². The fourth-order valence-electron chi connectivity index (χ4n) is 3.81. The molecule has 0 fully saturated rings. The first kappa shape index (κ1) is 23.5. The smallest absolute Gasteiger partial charge is 0.290 e. The molecule has 32 heavy (non-hydrogen) atoms. The Morgan fingerprint density at radius 1 is 1.16 bits per heavy atom. The highest BCUT2D eigenvalue weighted by molar-refractivity contribution is 6.09. The molecule has 3 rings (SSSR count). The van der Waals surface area contributed by atoms with Gasteiger partial charge in [-0.3, -0.25) is 9.59 Å². The molecule has 0 saturated carbocycles. The minimum absolute atomic E-state index is 0.107. The van der Waals surface area contributed by atoms with Crippen molar-refractivity contribution in [2.45, 2.75) is 39.8 Å². The quantitative estimate of drug-likeness (QED) is 0.591. The van der Waals surface area contributed by atoms with E-state index in [-0.39, 0.29) is 30.2 Å². The third-order valence-corrected chi connectivity index (χ3v) is 5.43. The standard InChI is InChI=1S/C26H31NO5/c1-17(2)14-22(28)23-24(27(12-13-31-4)26(30)25(23)29)20-6-5-7-21(15-20)32-16-19-10-8-18(3)9-11-19/h5-11,15,17,24,29H,12-14,16H2,1-4H3. The molecule has 1 unspecified atom stereocenters. The van der Waals surface area contributed by atoms with Crippen LogP contribution in [0.15, 0.2) is 59.9 Å². The Hall–Kier alpha value is -3.12. The lowest BCUT2D eigenvalue weighted by atomic mass is 9.92. The zero-order chi connectivity index (χ0) is 23.3. The van der Waals surface area contributed by atoms with E-state index in [4.69, 9.17) is 9.47 Å². The van der Waals surface area contributed by atoms with Crippen molar-refractivity contribution in [3.05, 3.63) is 76.6 Å². The molecule has 1 heterocycles. The Morgan fingerprint density at radius 3 is 2.53 bits per heavy atom. The number of hydrogen-bond donors (Lipinski definition) is 1. The maximum atomic E-state index is 13.0. The van der Waals surface area contributed by atoms with Gasteiger partial charge in [-0.05, 0) is 36.1 Å². The predicted octanol–water partition coefficient (Wildman–Crippen LogP) is 4.53. The third kappa shape index (κ3) is 5.37. The van der Waals surface area contributed by atoms with E-state index in [1.807, 2.05) is 69.3 Å². The van der Waals surface area contributed by atoms with Crippen LogP contribution in [0.1, 0.15) is 43.0 Å². The fraction of sp³-hybridized carbons (Fsp3) is 0.385. The summed E-state index contributed by atoms with van der Waals surface area (Å²) in [5.41, 5.74) is 3.09. The van der Waals surface area contributed by atoms with Gasteiger partial charge in [0.2, 0.25) is 0 Å². The minimum atomic E-state index is -0.674. The Bertz CT molecular complexity index is 994. The van der Waals surface area contributed by atoms with Crippen LogP contribution in [0.4, 0.5) is 0 Å². The highest BCUT2D eigenvalue weighted by Gasteiger charge is 2.43. The Balaban J connectivity index is 1.90. The number of ether oxygens (including phenoxy) is 2. The Labute approximate surface area is 189 Å².